The maximum Gasteiger partial charge on any atom is 0.306 e. The minimum atomic E-state index is -0.811. The number of halogens is 1. The minimum Gasteiger partial charge on any atom is -0.481 e. The summed E-state index contributed by atoms with van der Waals surface area (Å²) in [6, 6.07) is 4.18. The van der Waals surface area contributed by atoms with Crippen LogP contribution in [0.4, 0.5) is 0 Å². The van der Waals surface area contributed by atoms with Crippen LogP contribution in [-0.2, 0) is 9.53 Å². The van der Waals surface area contributed by atoms with Crippen molar-refractivity contribution < 1.29 is 14.6 Å². The molecule has 100 valence electrons. The van der Waals surface area contributed by atoms with Gasteiger partial charge in [0.25, 0.3) is 0 Å². The van der Waals surface area contributed by atoms with E-state index in [9.17, 15) is 4.79 Å². The molecule has 0 aliphatic carbocycles. The summed E-state index contributed by atoms with van der Waals surface area (Å²) < 4.78 is 6.25. The van der Waals surface area contributed by atoms with Crippen molar-refractivity contribution >= 4 is 28.9 Å². The molecule has 1 aliphatic heterocycles. The molecule has 0 spiro atoms. The number of carboxylic acids is 1. The summed E-state index contributed by atoms with van der Waals surface area (Å²) in [6.07, 6.45) is -0.150. The fourth-order valence-electron chi connectivity index (χ4n) is 2.14. The first kappa shape index (κ1) is 13.8. The predicted octanol–water partition coefficient (Wildman–Crippen LogP) is 2.64. The number of thiophene rings is 1. The van der Waals surface area contributed by atoms with Crippen molar-refractivity contribution in [3.63, 3.8) is 0 Å². The Kier molecular flexibility index (Phi) is 4.61. The van der Waals surface area contributed by atoms with E-state index in [1.165, 1.54) is 4.88 Å². The number of morpholine rings is 1. The highest BCUT2D eigenvalue weighted by atomic mass is 35.5. The highest BCUT2D eigenvalue weighted by Crippen LogP contribution is 2.31. The normalized spacial score (nSPS) is 22.9. The molecular formula is C12H16ClNO3S. The summed E-state index contributed by atoms with van der Waals surface area (Å²) in [5.74, 6) is -0.811. The van der Waals surface area contributed by atoms with Gasteiger partial charge < -0.3 is 9.84 Å². The van der Waals surface area contributed by atoms with Gasteiger partial charge in [0.1, 0.15) is 0 Å². The lowest BCUT2D eigenvalue weighted by Gasteiger charge is -2.36. The second kappa shape index (κ2) is 6.02. The van der Waals surface area contributed by atoms with Crippen molar-refractivity contribution in [1.29, 1.82) is 0 Å². The Balaban J connectivity index is 1.97. The summed E-state index contributed by atoms with van der Waals surface area (Å²) in [5.41, 5.74) is 0. The molecule has 0 amide bonds. The highest BCUT2D eigenvalue weighted by molar-refractivity contribution is 7.16. The van der Waals surface area contributed by atoms with E-state index in [1.807, 2.05) is 12.1 Å². The van der Waals surface area contributed by atoms with Crippen molar-refractivity contribution in [1.82, 2.24) is 4.90 Å². The zero-order chi connectivity index (χ0) is 13.1. The number of aliphatic carboxylic acids is 1. The summed E-state index contributed by atoms with van der Waals surface area (Å²) >= 11 is 7.51. The Morgan fingerprint density at radius 3 is 3.11 bits per heavy atom. The minimum absolute atomic E-state index is 0.0639. The molecule has 1 saturated heterocycles. The zero-order valence-electron chi connectivity index (χ0n) is 10.1. The topological polar surface area (TPSA) is 49.8 Å². The van der Waals surface area contributed by atoms with Crippen LogP contribution >= 0.6 is 22.9 Å². The SMILES string of the molecule is CC(c1ccc(Cl)s1)N1CCOC(CC(=O)O)C1. The molecule has 18 heavy (non-hydrogen) atoms. The van der Waals surface area contributed by atoms with Crippen LogP contribution in [0.15, 0.2) is 12.1 Å². The molecule has 1 aliphatic rings. The third kappa shape index (κ3) is 3.45. The summed E-state index contributed by atoms with van der Waals surface area (Å²) in [6.45, 7) is 4.18. The standard InChI is InChI=1S/C12H16ClNO3S/c1-8(10-2-3-11(13)18-10)14-4-5-17-9(7-14)6-12(15)16/h2-3,8-9H,4-7H2,1H3,(H,15,16). The van der Waals surface area contributed by atoms with E-state index in [1.54, 1.807) is 11.3 Å². The van der Waals surface area contributed by atoms with Gasteiger partial charge in [-0.2, -0.15) is 0 Å². The summed E-state index contributed by atoms with van der Waals surface area (Å²) in [4.78, 5) is 14.2. The van der Waals surface area contributed by atoms with Crippen LogP contribution in [0.3, 0.4) is 0 Å². The number of nitrogens with zero attached hydrogens (tertiary/aromatic N) is 1. The number of hydrogen-bond acceptors (Lipinski definition) is 4. The number of carboxylic acid groups (broad SMARTS) is 1. The largest absolute Gasteiger partial charge is 0.481 e. The first-order chi connectivity index (χ1) is 8.56. The molecule has 2 unspecified atom stereocenters. The van der Waals surface area contributed by atoms with Crippen molar-refractivity contribution in [3.8, 4) is 0 Å². The molecule has 2 atom stereocenters. The summed E-state index contributed by atoms with van der Waals surface area (Å²) in [7, 11) is 0. The number of rotatable bonds is 4. The Morgan fingerprint density at radius 2 is 2.50 bits per heavy atom. The molecule has 6 heteroatoms. The third-order valence-corrected chi connectivity index (χ3v) is 4.53. The number of carbonyl (C=O) groups is 1. The molecule has 0 bridgehead atoms. The van der Waals surface area contributed by atoms with Crippen LogP contribution in [-0.4, -0.2) is 41.8 Å². The predicted molar refractivity (Wildman–Crippen MR) is 71.3 cm³/mol. The average molecular weight is 290 g/mol. The van der Waals surface area contributed by atoms with E-state index >= 15 is 0 Å². The maximum atomic E-state index is 10.7. The van der Waals surface area contributed by atoms with Crippen molar-refractivity contribution in [2.24, 2.45) is 0 Å². The van der Waals surface area contributed by atoms with Gasteiger partial charge in [-0.1, -0.05) is 11.6 Å². The van der Waals surface area contributed by atoms with Gasteiger partial charge in [-0.3, -0.25) is 9.69 Å². The Bertz CT molecular complexity index is 423. The fourth-order valence-corrected chi connectivity index (χ4v) is 3.29. The average Bonchev–Trinajstić information content (AvgIpc) is 2.74. The molecular weight excluding hydrogens is 274 g/mol. The maximum absolute atomic E-state index is 10.7. The molecule has 1 aromatic heterocycles. The Hall–Kier alpha value is -0.620. The van der Waals surface area contributed by atoms with E-state index in [4.69, 9.17) is 21.4 Å². The molecule has 0 aromatic carbocycles. The molecule has 4 nitrogen and oxygen atoms in total. The first-order valence-corrected chi connectivity index (χ1v) is 7.08. The van der Waals surface area contributed by atoms with Gasteiger partial charge >= 0.3 is 5.97 Å². The fraction of sp³-hybridized carbons (Fsp3) is 0.583. The van der Waals surface area contributed by atoms with Gasteiger partial charge in [0.15, 0.2) is 0 Å². The molecule has 2 heterocycles. The van der Waals surface area contributed by atoms with Crippen LogP contribution < -0.4 is 0 Å². The monoisotopic (exact) mass is 289 g/mol. The van der Waals surface area contributed by atoms with Gasteiger partial charge in [0, 0.05) is 24.0 Å². The second-order valence-corrected chi connectivity index (χ2v) is 6.15. The number of ether oxygens (including phenoxy) is 1. The van der Waals surface area contributed by atoms with E-state index in [0.29, 0.717) is 13.2 Å². The Morgan fingerprint density at radius 1 is 1.72 bits per heavy atom. The molecule has 0 radical (unpaired) electrons. The van der Waals surface area contributed by atoms with Gasteiger partial charge in [-0.05, 0) is 19.1 Å². The highest BCUT2D eigenvalue weighted by Gasteiger charge is 2.26. The smallest absolute Gasteiger partial charge is 0.306 e. The lowest BCUT2D eigenvalue weighted by atomic mass is 10.1. The molecule has 0 saturated carbocycles. The Labute approximate surface area is 115 Å². The van der Waals surface area contributed by atoms with Crippen molar-refractivity contribution in [2.45, 2.75) is 25.5 Å². The third-order valence-electron chi connectivity index (χ3n) is 3.13. The lowest BCUT2D eigenvalue weighted by Crippen LogP contribution is -2.44. The van der Waals surface area contributed by atoms with Gasteiger partial charge in [0.2, 0.25) is 0 Å². The van der Waals surface area contributed by atoms with Crippen LogP contribution in [0, 0.1) is 0 Å². The van der Waals surface area contributed by atoms with Crippen molar-refractivity contribution in [2.75, 3.05) is 19.7 Å². The quantitative estimate of drug-likeness (QED) is 0.926. The van der Waals surface area contributed by atoms with E-state index in [-0.39, 0.29) is 18.6 Å². The van der Waals surface area contributed by atoms with Crippen molar-refractivity contribution in [3.05, 3.63) is 21.3 Å². The van der Waals surface area contributed by atoms with Crippen LogP contribution in [0.1, 0.15) is 24.3 Å². The molecule has 1 fully saturated rings. The van der Waals surface area contributed by atoms with Crippen LogP contribution in [0.25, 0.3) is 0 Å². The second-order valence-electron chi connectivity index (χ2n) is 4.40. The van der Waals surface area contributed by atoms with Gasteiger partial charge in [0.05, 0.1) is 23.5 Å². The van der Waals surface area contributed by atoms with Crippen LogP contribution in [0.5, 0.6) is 0 Å². The molecule has 2 rings (SSSR count). The van der Waals surface area contributed by atoms with E-state index < -0.39 is 5.97 Å². The molecule has 1 N–H and O–H groups in total. The van der Waals surface area contributed by atoms with Gasteiger partial charge in [-0.25, -0.2) is 0 Å². The summed E-state index contributed by atoms with van der Waals surface area (Å²) in [5, 5.41) is 8.80. The first-order valence-electron chi connectivity index (χ1n) is 5.89. The van der Waals surface area contributed by atoms with Crippen LogP contribution in [0.2, 0.25) is 4.34 Å². The number of hydrogen-bond donors (Lipinski definition) is 1. The molecule has 1 aromatic rings. The lowest BCUT2D eigenvalue weighted by molar-refractivity contribution is -0.142. The van der Waals surface area contributed by atoms with Gasteiger partial charge in [-0.15, -0.1) is 11.3 Å². The zero-order valence-corrected chi connectivity index (χ0v) is 11.7. The van der Waals surface area contributed by atoms with E-state index in [2.05, 4.69) is 11.8 Å². The van der Waals surface area contributed by atoms with E-state index in [0.717, 1.165) is 10.9 Å².